The van der Waals surface area contributed by atoms with Crippen LogP contribution < -0.4 is 0 Å². The Morgan fingerprint density at radius 2 is 2.10 bits per heavy atom. The largest absolute Gasteiger partial charge is 0.508 e. The van der Waals surface area contributed by atoms with Crippen LogP contribution in [0.5, 0.6) is 5.75 Å². The highest BCUT2D eigenvalue weighted by Gasteiger charge is 2.40. The summed E-state index contributed by atoms with van der Waals surface area (Å²) in [6.07, 6.45) is -0.814. The lowest BCUT2D eigenvalue weighted by molar-refractivity contribution is -0.130. The highest BCUT2D eigenvalue weighted by molar-refractivity contribution is 6.42. The van der Waals surface area contributed by atoms with Crippen LogP contribution in [0.25, 0.3) is 0 Å². The first kappa shape index (κ1) is 16.4. The lowest BCUT2D eigenvalue weighted by Gasteiger charge is -2.27. The van der Waals surface area contributed by atoms with E-state index in [1.807, 2.05) is 6.92 Å². The van der Waals surface area contributed by atoms with Gasteiger partial charge in [-0.15, -0.1) is 0 Å². The SMILES string of the molecule is C[C@H]1[C@H](c2c(O)ccc(Cl)c2Cl)CC(=O)N1C[C@H](O)CO. The topological polar surface area (TPSA) is 81.0 Å². The number of halogens is 2. The Morgan fingerprint density at radius 1 is 1.43 bits per heavy atom. The fraction of sp³-hybridized carbons (Fsp3) is 0.500. The Kier molecular flexibility index (Phi) is 4.99. The number of phenols is 1. The molecule has 1 amide bonds. The molecular formula is C14H17Cl2NO4. The number of benzene rings is 1. The Hall–Kier alpha value is -1.01. The van der Waals surface area contributed by atoms with Gasteiger partial charge >= 0.3 is 0 Å². The van der Waals surface area contributed by atoms with Gasteiger partial charge in [0.1, 0.15) is 5.75 Å². The van der Waals surface area contributed by atoms with Crippen molar-refractivity contribution in [1.29, 1.82) is 0 Å². The van der Waals surface area contributed by atoms with E-state index in [-0.39, 0.29) is 41.6 Å². The molecule has 2 rings (SSSR count). The molecule has 0 unspecified atom stereocenters. The maximum absolute atomic E-state index is 12.1. The van der Waals surface area contributed by atoms with E-state index in [1.54, 1.807) is 0 Å². The number of rotatable bonds is 4. The van der Waals surface area contributed by atoms with Crippen molar-refractivity contribution in [3.8, 4) is 5.75 Å². The molecule has 21 heavy (non-hydrogen) atoms. The van der Waals surface area contributed by atoms with Gasteiger partial charge in [-0.2, -0.15) is 0 Å². The zero-order valence-electron chi connectivity index (χ0n) is 11.5. The summed E-state index contributed by atoms with van der Waals surface area (Å²) in [5.74, 6) is -0.469. The second-order valence-corrected chi connectivity index (χ2v) is 6.01. The Morgan fingerprint density at radius 3 is 2.71 bits per heavy atom. The van der Waals surface area contributed by atoms with Crippen LogP contribution in [0.2, 0.25) is 10.0 Å². The Labute approximate surface area is 132 Å². The second-order valence-electron chi connectivity index (χ2n) is 5.23. The molecule has 1 saturated heterocycles. The molecule has 3 N–H and O–H groups in total. The number of hydrogen-bond donors (Lipinski definition) is 3. The minimum Gasteiger partial charge on any atom is -0.508 e. The number of carbonyl (C=O) groups excluding carboxylic acids is 1. The number of β-amino-alcohol motifs (C(OH)–C–C–N with tert-alkyl or cyclic N) is 1. The van der Waals surface area contributed by atoms with E-state index in [1.165, 1.54) is 17.0 Å². The van der Waals surface area contributed by atoms with E-state index >= 15 is 0 Å². The molecule has 1 aliphatic rings. The van der Waals surface area contributed by atoms with Gasteiger partial charge in [0, 0.05) is 30.5 Å². The predicted octanol–water partition coefficient (Wildman–Crippen LogP) is 1.76. The average Bonchev–Trinajstić information content (AvgIpc) is 2.71. The number of carbonyl (C=O) groups is 1. The second kappa shape index (κ2) is 6.40. The summed E-state index contributed by atoms with van der Waals surface area (Å²) in [6, 6.07) is 2.68. The number of phenolic OH excluding ortho intramolecular Hbond substituents is 1. The third kappa shape index (κ3) is 3.11. The van der Waals surface area contributed by atoms with Crippen LogP contribution in [0.1, 0.15) is 24.8 Å². The molecule has 116 valence electrons. The number of aromatic hydroxyl groups is 1. The van der Waals surface area contributed by atoms with Gasteiger partial charge < -0.3 is 20.2 Å². The summed E-state index contributed by atoms with van der Waals surface area (Å²) in [4.78, 5) is 13.6. The monoisotopic (exact) mass is 333 g/mol. The summed E-state index contributed by atoms with van der Waals surface area (Å²) in [5.41, 5.74) is 0.450. The summed E-state index contributed by atoms with van der Waals surface area (Å²) in [7, 11) is 0. The molecule has 1 aromatic carbocycles. The van der Waals surface area contributed by atoms with E-state index in [0.29, 0.717) is 10.6 Å². The minimum atomic E-state index is -0.987. The number of amides is 1. The minimum absolute atomic E-state index is 0.00129. The van der Waals surface area contributed by atoms with Crippen molar-refractivity contribution < 1.29 is 20.1 Å². The Bertz CT molecular complexity index is 552. The molecule has 1 heterocycles. The van der Waals surface area contributed by atoms with Gasteiger partial charge in [-0.25, -0.2) is 0 Å². The van der Waals surface area contributed by atoms with Crippen molar-refractivity contribution in [3.05, 3.63) is 27.7 Å². The molecule has 5 nitrogen and oxygen atoms in total. The van der Waals surface area contributed by atoms with Gasteiger partial charge in [-0.3, -0.25) is 4.79 Å². The van der Waals surface area contributed by atoms with Crippen LogP contribution >= 0.6 is 23.2 Å². The van der Waals surface area contributed by atoms with Gasteiger partial charge in [-0.1, -0.05) is 23.2 Å². The third-order valence-corrected chi connectivity index (χ3v) is 4.71. The maximum atomic E-state index is 12.1. The van der Waals surface area contributed by atoms with Gasteiger partial charge in [0.2, 0.25) is 5.91 Å². The van der Waals surface area contributed by atoms with Crippen LogP contribution in [-0.4, -0.2) is 51.4 Å². The van der Waals surface area contributed by atoms with Crippen molar-refractivity contribution in [3.63, 3.8) is 0 Å². The zero-order valence-corrected chi connectivity index (χ0v) is 13.0. The normalized spacial score (nSPS) is 23.7. The first-order chi connectivity index (χ1) is 9.86. The van der Waals surface area contributed by atoms with Crippen LogP contribution in [0, 0.1) is 0 Å². The first-order valence-electron chi connectivity index (χ1n) is 6.62. The molecule has 0 saturated carbocycles. The average molecular weight is 334 g/mol. The summed E-state index contributed by atoms with van der Waals surface area (Å²) >= 11 is 12.1. The molecule has 0 aromatic heterocycles. The smallest absolute Gasteiger partial charge is 0.223 e. The van der Waals surface area contributed by atoms with Gasteiger partial charge in [-0.05, 0) is 19.1 Å². The highest BCUT2D eigenvalue weighted by Crippen LogP contribution is 2.44. The number of likely N-dealkylation sites (tertiary alicyclic amines) is 1. The molecule has 0 radical (unpaired) electrons. The van der Waals surface area contributed by atoms with Crippen molar-refractivity contribution >= 4 is 29.1 Å². The molecule has 0 bridgehead atoms. The molecule has 1 aromatic rings. The molecule has 3 atom stereocenters. The van der Waals surface area contributed by atoms with Crippen molar-refractivity contribution in [2.75, 3.05) is 13.2 Å². The van der Waals surface area contributed by atoms with Gasteiger partial charge in [0.15, 0.2) is 0 Å². The fourth-order valence-electron chi connectivity index (χ4n) is 2.73. The Balaban J connectivity index is 2.31. The van der Waals surface area contributed by atoms with E-state index in [2.05, 4.69) is 0 Å². The fourth-order valence-corrected chi connectivity index (χ4v) is 3.19. The van der Waals surface area contributed by atoms with Crippen molar-refractivity contribution in [2.45, 2.75) is 31.4 Å². The van der Waals surface area contributed by atoms with Crippen LogP contribution in [0.15, 0.2) is 12.1 Å². The number of nitrogens with zero attached hydrogens (tertiary/aromatic N) is 1. The molecule has 7 heteroatoms. The van der Waals surface area contributed by atoms with E-state index in [4.69, 9.17) is 28.3 Å². The van der Waals surface area contributed by atoms with E-state index in [9.17, 15) is 15.0 Å². The summed E-state index contributed by atoms with van der Waals surface area (Å²) in [5, 5.41) is 29.0. The standard InChI is InChI=1S/C14H17Cl2NO4/c1-7-9(4-12(21)17(7)5-8(19)6-18)13-11(20)3-2-10(15)14(13)16/h2-3,7-9,18-20H,4-6H2,1H3/t7-,8-,9+/m0/s1. The van der Waals surface area contributed by atoms with Crippen LogP contribution in [0.3, 0.4) is 0 Å². The summed E-state index contributed by atoms with van der Waals surface area (Å²) < 4.78 is 0. The molecular weight excluding hydrogens is 317 g/mol. The van der Waals surface area contributed by atoms with E-state index < -0.39 is 12.7 Å². The molecule has 1 fully saturated rings. The van der Waals surface area contributed by atoms with Crippen LogP contribution in [0.4, 0.5) is 0 Å². The zero-order chi connectivity index (χ0) is 15.7. The first-order valence-corrected chi connectivity index (χ1v) is 7.37. The number of hydrogen-bond acceptors (Lipinski definition) is 4. The van der Waals surface area contributed by atoms with Crippen molar-refractivity contribution in [1.82, 2.24) is 4.90 Å². The molecule has 1 aliphatic heterocycles. The lowest BCUT2D eigenvalue weighted by Crippen LogP contribution is -2.40. The molecule has 0 spiro atoms. The quantitative estimate of drug-likeness (QED) is 0.784. The lowest BCUT2D eigenvalue weighted by atomic mass is 9.91. The third-order valence-electron chi connectivity index (χ3n) is 3.89. The predicted molar refractivity (Wildman–Crippen MR) is 79.8 cm³/mol. The van der Waals surface area contributed by atoms with Crippen molar-refractivity contribution in [2.24, 2.45) is 0 Å². The maximum Gasteiger partial charge on any atom is 0.223 e. The van der Waals surface area contributed by atoms with E-state index in [0.717, 1.165) is 0 Å². The highest BCUT2D eigenvalue weighted by atomic mass is 35.5. The van der Waals surface area contributed by atoms with Crippen LogP contribution in [-0.2, 0) is 4.79 Å². The van der Waals surface area contributed by atoms with Gasteiger partial charge in [0.05, 0.1) is 22.8 Å². The number of aliphatic hydroxyl groups is 2. The molecule has 0 aliphatic carbocycles. The van der Waals surface area contributed by atoms with Gasteiger partial charge in [0.25, 0.3) is 0 Å². The number of aliphatic hydroxyl groups excluding tert-OH is 2. The summed E-state index contributed by atoms with van der Waals surface area (Å²) in [6.45, 7) is 1.45.